The molecule has 1 amide bonds. The summed E-state index contributed by atoms with van der Waals surface area (Å²) in [5.41, 5.74) is 3.00. The molecule has 1 aliphatic rings. The van der Waals surface area contributed by atoms with Gasteiger partial charge in [0, 0.05) is 18.1 Å². The number of fused-ring (bicyclic) bond motifs is 1. The van der Waals surface area contributed by atoms with Gasteiger partial charge in [-0.1, -0.05) is 53.2 Å². The topological polar surface area (TPSA) is 85.9 Å². The molecule has 0 bridgehead atoms. The molecule has 8 nitrogen and oxygen atoms in total. The molecule has 5 rings (SSSR count). The summed E-state index contributed by atoms with van der Waals surface area (Å²) in [6, 6.07) is 15.9. The van der Waals surface area contributed by atoms with Gasteiger partial charge in [0.25, 0.3) is 5.56 Å². The van der Waals surface area contributed by atoms with Crippen molar-refractivity contribution in [2.75, 3.05) is 13.1 Å². The zero-order valence-electron chi connectivity index (χ0n) is 18.9. The van der Waals surface area contributed by atoms with Gasteiger partial charge in [-0.3, -0.25) is 14.2 Å². The number of piperidine rings is 1. The van der Waals surface area contributed by atoms with Crippen molar-refractivity contribution >= 4 is 28.7 Å². The van der Waals surface area contributed by atoms with E-state index in [1.54, 1.807) is 6.07 Å². The van der Waals surface area contributed by atoms with Gasteiger partial charge in [-0.05, 0) is 55.4 Å². The van der Waals surface area contributed by atoms with Crippen LogP contribution in [0.4, 0.5) is 0 Å². The number of halogens is 1. The van der Waals surface area contributed by atoms with Crippen LogP contribution in [0.5, 0.6) is 0 Å². The highest BCUT2D eigenvalue weighted by Crippen LogP contribution is 2.22. The van der Waals surface area contributed by atoms with Gasteiger partial charge in [-0.25, -0.2) is 4.98 Å². The van der Waals surface area contributed by atoms with Crippen LogP contribution in [-0.4, -0.2) is 48.4 Å². The highest BCUT2D eigenvalue weighted by Gasteiger charge is 2.24. The average molecular weight is 477 g/mol. The maximum Gasteiger partial charge on any atom is 0.284 e. The summed E-state index contributed by atoms with van der Waals surface area (Å²) in [6.45, 7) is 3.25. The Morgan fingerprint density at radius 1 is 1.12 bits per heavy atom. The second kappa shape index (κ2) is 9.38. The normalized spacial score (nSPS) is 14.6. The zero-order valence-corrected chi connectivity index (χ0v) is 19.6. The lowest BCUT2D eigenvalue weighted by atomic mass is 9.90. The molecule has 0 radical (unpaired) electrons. The Hall–Kier alpha value is -3.52. The van der Waals surface area contributed by atoms with E-state index in [1.807, 2.05) is 30.0 Å². The number of benzene rings is 2. The van der Waals surface area contributed by atoms with Crippen LogP contribution in [0.15, 0.2) is 59.7 Å². The van der Waals surface area contributed by atoms with Crippen molar-refractivity contribution in [1.29, 1.82) is 0 Å². The van der Waals surface area contributed by atoms with Crippen molar-refractivity contribution in [3.63, 3.8) is 0 Å². The number of carbonyl (C=O) groups excluding carboxylic acids is 1. The third-order valence-electron chi connectivity index (χ3n) is 6.47. The molecule has 0 saturated carbocycles. The molecule has 0 aliphatic carbocycles. The fourth-order valence-electron chi connectivity index (χ4n) is 4.42. The van der Waals surface area contributed by atoms with Gasteiger partial charge in [0.1, 0.15) is 12.9 Å². The minimum atomic E-state index is -0.387. The van der Waals surface area contributed by atoms with Crippen LogP contribution in [0.3, 0.4) is 0 Å². The molecular formula is C25H25ClN6O2. The first-order chi connectivity index (χ1) is 16.5. The van der Waals surface area contributed by atoms with E-state index in [-0.39, 0.29) is 23.5 Å². The molecule has 0 unspecified atom stereocenters. The van der Waals surface area contributed by atoms with Crippen LogP contribution in [0.2, 0.25) is 5.02 Å². The number of amides is 1. The summed E-state index contributed by atoms with van der Waals surface area (Å²) < 4.78 is 2.79. The second-order valence-electron chi connectivity index (χ2n) is 8.80. The first kappa shape index (κ1) is 22.3. The van der Waals surface area contributed by atoms with Gasteiger partial charge < -0.3 is 4.90 Å². The lowest BCUT2D eigenvalue weighted by molar-refractivity contribution is -0.133. The Kier molecular flexibility index (Phi) is 6.15. The van der Waals surface area contributed by atoms with Crippen molar-refractivity contribution in [3.05, 3.63) is 81.4 Å². The van der Waals surface area contributed by atoms with E-state index in [1.165, 1.54) is 21.1 Å². The number of aromatic nitrogens is 5. The Balaban J connectivity index is 1.27. The van der Waals surface area contributed by atoms with Crippen LogP contribution in [-0.2, 0) is 17.8 Å². The molecule has 34 heavy (non-hydrogen) atoms. The third kappa shape index (κ3) is 4.46. The van der Waals surface area contributed by atoms with Crippen molar-refractivity contribution in [2.24, 2.45) is 5.92 Å². The highest BCUT2D eigenvalue weighted by molar-refractivity contribution is 6.31. The molecule has 1 aliphatic heterocycles. The summed E-state index contributed by atoms with van der Waals surface area (Å²) in [6.07, 6.45) is 4.34. The van der Waals surface area contributed by atoms with Gasteiger partial charge in [-0.2, -0.15) is 4.68 Å². The summed E-state index contributed by atoms with van der Waals surface area (Å²) in [5.74, 6) is 0.483. The smallest absolute Gasteiger partial charge is 0.284 e. The number of likely N-dealkylation sites (tertiary alicyclic amines) is 1. The van der Waals surface area contributed by atoms with Gasteiger partial charge in [0.05, 0.1) is 5.69 Å². The number of aryl methyl sites for hydroxylation is 1. The largest absolute Gasteiger partial charge is 0.341 e. The van der Waals surface area contributed by atoms with Crippen LogP contribution >= 0.6 is 11.6 Å². The van der Waals surface area contributed by atoms with Crippen LogP contribution in [0.25, 0.3) is 16.9 Å². The van der Waals surface area contributed by atoms with E-state index in [4.69, 9.17) is 11.6 Å². The predicted octanol–water partition coefficient (Wildman–Crippen LogP) is 3.42. The van der Waals surface area contributed by atoms with Gasteiger partial charge in [0.15, 0.2) is 11.2 Å². The molecule has 0 N–H and O–H groups in total. The van der Waals surface area contributed by atoms with Crippen molar-refractivity contribution in [2.45, 2.75) is 32.7 Å². The SMILES string of the molecule is Cc1ccc(-n2nnc3c(=O)n(CC(=O)N4CCC(Cc5ccccc5)CC4)cnc32)cc1Cl. The fraction of sp³-hybridized carbons (Fsp3) is 0.320. The lowest BCUT2D eigenvalue weighted by Crippen LogP contribution is -2.42. The summed E-state index contributed by atoms with van der Waals surface area (Å²) >= 11 is 6.23. The van der Waals surface area contributed by atoms with E-state index < -0.39 is 0 Å². The summed E-state index contributed by atoms with van der Waals surface area (Å²) in [4.78, 5) is 32.1. The molecule has 2 aromatic heterocycles. The lowest BCUT2D eigenvalue weighted by Gasteiger charge is -2.32. The molecule has 0 spiro atoms. The Morgan fingerprint density at radius 3 is 2.62 bits per heavy atom. The average Bonchev–Trinajstić information content (AvgIpc) is 3.29. The first-order valence-corrected chi connectivity index (χ1v) is 11.8. The number of hydrogen-bond donors (Lipinski definition) is 0. The molecule has 1 saturated heterocycles. The Bertz CT molecular complexity index is 1390. The predicted molar refractivity (Wildman–Crippen MR) is 130 cm³/mol. The summed E-state index contributed by atoms with van der Waals surface area (Å²) in [7, 11) is 0. The van der Waals surface area contributed by atoms with Gasteiger partial charge in [0.2, 0.25) is 5.91 Å². The maximum absolute atomic E-state index is 13.0. The van der Waals surface area contributed by atoms with E-state index >= 15 is 0 Å². The van der Waals surface area contributed by atoms with E-state index in [9.17, 15) is 9.59 Å². The van der Waals surface area contributed by atoms with E-state index in [2.05, 4.69) is 39.6 Å². The maximum atomic E-state index is 13.0. The number of hydrogen-bond acceptors (Lipinski definition) is 5. The van der Waals surface area contributed by atoms with Crippen LogP contribution in [0, 0.1) is 12.8 Å². The van der Waals surface area contributed by atoms with Crippen LogP contribution in [0.1, 0.15) is 24.0 Å². The number of rotatable bonds is 5. The summed E-state index contributed by atoms with van der Waals surface area (Å²) in [5, 5.41) is 8.70. The first-order valence-electron chi connectivity index (χ1n) is 11.4. The monoisotopic (exact) mass is 476 g/mol. The Morgan fingerprint density at radius 2 is 1.88 bits per heavy atom. The zero-order chi connectivity index (χ0) is 23.7. The quantitative estimate of drug-likeness (QED) is 0.440. The highest BCUT2D eigenvalue weighted by atomic mass is 35.5. The van der Waals surface area contributed by atoms with Gasteiger partial charge in [-0.15, -0.1) is 5.10 Å². The van der Waals surface area contributed by atoms with Crippen molar-refractivity contribution in [3.8, 4) is 5.69 Å². The van der Waals surface area contributed by atoms with E-state index in [0.29, 0.717) is 35.4 Å². The third-order valence-corrected chi connectivity index (χ3v) is 6.88. The molecular weight excluding hydrogens is 452 g/mol. The molecule has 9 heteroatoms. The molecule has 174 valence electrons. The molecule has 1 fully saturated rings. The second-order valence-corrected chi connectivity index (χ2v) is 9.21. The van der Waals surface area contributed by atoms with Gasteiger partial charge >= 0.3 is 0 Å². The number of nitrogens with zero attached hydrogens (tertiary/aromatic N) is 6. The molecule has 2 aromatic carbocycles. The number of carbonyl (C=O) groups is 1. The van der Waals surface area contributed by atoms with E-state index in [0.717, 1.165) is 24.8 Å². The van der Waals surface area contributed by atoms with Crippen LogP contribution < -0.4 is 5.56 Å². The Labute approximate surface area is 201 Å². The fourth-order valence-corrected chi connectivity index (χ4v) is 4.60. The minimum absolute atomic E-state index is 0.0612. The van der Waals surface area contributed by atoms with Crippen molar-refractivity contribution < 1.29 is 4.79 Å². The minimum Gasteiger partial charge on any atom is -0.341 e. The molecule has 3 heterocycles. The van der Waals surface area contributed by atoms with Crippen molar-refractivity contribution in [1.82, 2.24) is 29.4 Å². The molecule has 0 atom stereocenters. The standard InChI is InChI=1S/C25H25ClN6O2/c1-17-7-8-20(14-21(17)26)32-24-23(28-29-32)25(34)31(16-27-24)15-22(33)30-11-9-19(10-12-30)13-18-5-3-2-4-6-18/h2-8,14,16,19H,9-13,15H2,1H3. The molecule has 4 aromatic rings.